The molecule has 2 aliphatic rings. The molecule has 0 bridgehead atoms. The van der Waals surface area contributed by atoms with Gasteiger partial charge in [0.05, 0.1) is 17.9 Å². The predicted octanol–water partition coefficient (Wildman–Crippen LogP) is 0.0292. The summed E-state index contributed by atoms with van der Waals surface area (Å²) in [4.78, 5) is 26.1. The monoisotopic (exact) mass is 260 g/mol. The van der Waals surface area contributed by atoms with Gasteiger partial charge in [0.1, 0.15) is 0 Å². The van der Waals surface area contributed by atoms with Gasteiger partial charge in [-0.3, -0.25) is 9.59 Å². The fraction of sp³-hybridized carbons (Fsp3) is 0.429. The van der Waals surface area contributed by atoms with Gasteiger partial charge >= 0.3 is 0 Å². The van der Waals surface area contributed by atoms with E-state index in [0.717, 1.165) is 11.3 Å². The Morgan fingerprint density at radius 2 is 2.26 bits per heavy atom. The molecule has 1 fully saturated rings. The first-order valence-electron chi connectivity index (χ1n) is 6.39. The van der Waals surface area contributed by atoms with Crippen LogP contribution in [0, 0.1) is 5.92 Å². The fourth-order valence-corrected chi connectivity index (χ4v) is 3.08. The first kappa shape index (κ1) is 12.2. The minimum atomic E-state index is -0.662. The summed E-state index contributed by atoms with van der Waals surface area (Å²) in [6.45, 7) is 0.146. The molecular formula is C14H16N2O3. The Labute approximate surface area is 111 Å². The zero-order valence-electron chi connectivity index (χ0n) is 10.7. The molecule has 1 saturated carbocycles. The fourth-order valence-electron chi connectivity index (χ4n) is 3.08. The summed E-state index contributed by atoms with van der Waals surface area (Å²) in [5, 5.41) is 11.4. The second-order valence-corrected chi connectivity index (χ2v) is 5.12. The van der Waals surface area contributed by atoms with Gasteiger partial charge in [-0.25, -0.2) is 0 Å². The van der Waals surface area contributed by atoms with E-state index in [4.69, 9.17) is 5.11 Å². The lowest BCUT2D eigenvalue weighted by molar-refractivity contribution is -0.126. The highest BCUT2D eigenvalue weighted by atomic mass is 16.3. The maximum absolute atomic E-state index is 12.4. The van der Waals surface area contributed by atoms with Gasteiger partial charge in [-0.15, -0.1) is 0 Å². The van der Waals surface area contributed by atoms with Crippen LogP contribution < -0.4 is 10.2 Å². The number of aliphatic hydroxyl groups excluding tert-OH is 1. The van der Waals surface area contributed by atoms with Crippen molar-refractivity contribution in [1.29, 1.82) is 0 Å². The standard InChI is InChI=1S/C14H16N2O3/c1-16-11-5-3-2-4-9(11)14(13(16)19)8-10(14)12(18)15-6-7-17/h2-5,10,17H,6-8H2,1H3,(H,15,18)/t10-,14-/m1/s1. The number of aliphatic hydroxyl groups is 1. The lowest BCUT2D eigenvalue weighted by Gasteiger charge is -2.11. The van der Waals surface area contributed by atoms with Crippen LogP contribution in [-0.2, 0) is 15.0 Å². The molecular weight excluding hydrogens is 244 g/mol. The van der Waals surface area contributed by atoms with Gasteiger partial charge < -0.3 is 15.3 Å². The number of likely N-dealkylation sites (N-methyl/N-ethyl adjacent to an activating group) is 1. The Bertz CT molecular complexity index is 557. The Morgan fingerprint density at radius 1 is 1.53 bits per heavy atom. The molecule has 0 saturated heterocycles. The summed E-state index contributed by atoms with van der Waals surface area (Å²) >= 11 is 0. The molecule has 1 aliphatic heterocycles. The van der Waals surface area contributed by atoms with Crippen LogP contribution in [0.15, 0.2) is 24.3 Å². The number of para-hydroxylation sites is 1. The van der Waals surface area contributed by atoms with Crippen LogP contribution in [0.3, 0.4) is 0 Å². The van der Waals surface area contributed by atoms with Crippen LogP contribution in [0.5, 0.6) is 0 Å². The van der Waals surface area contributed by atoms with E-state index in [1.54, 1.807) is 11.9 Å². The van der Waals surface area contributed by atoms with Crippen molar-refractivity contribution in [3.05, 3.63) is 29.8 Å². The molecule has 0 radical (unpaired) electrons. The number of hydrogen-bond acceptors (Lipinski definition) is 3. The van der Waals surface area contributed by atoms with Crippen molar-refractivity contribution in [1.82, 2.24) is 5.32 Å². The van der Waals surface area contributed by atoms with Gasteiger partial charge in [-0.2, -0.15) is 0 Å². The summed E-state index contributed by atoms with van der Waals surface area (Å²) in [7, 11) is 1.75. The van der Waals surface area contributed by atoms with Crippen molar-refractivity contribution in [3.8, 4) is 0 Å². The molecule has 2 atom stereocenters. The van der Waals surface area contributed by atoms with Crippen LogP contribution in [0.4, 0.5) is 5.69 Å². The minimum absolute atomic E-state index is 0.00199. The zero-order chi connectivity index (χ0) is 13.6. The first-order valence-corrected chi connectivity index (χ1v) is 6.39. The van der Waals surface area contributed by atoms with E-state index < -0.39 is 5.41 Å². The summed E-state index contributed by atoms with van der Waals surface area (Å²) in [5.41, 5.74) is 1.18. The number of rotatable bonds is 3. The maximum Gasteiger partial charge on any atom is 0.238 e. The number of nitrogens with zero attached hydrogens (tertiary/aromatic N) is 1. The van der Waals surface area contributed by atoms with Crippen molar-refractivity contribution >= 4 is 17.5 Å². The van der Waals surface area contributed by atoms with Crippen LogP contribution >= 0.6 is 0 Å². The van der Waals surface area contributed by atoms with E-state index in [1.165, 1.54) is 0 Å². The molecule has 2 N–H and O–H groups in total. The van der Waals surface area contributed by atoms with Gasteiger partial charge in [0.15, 0.2) is 0 Å². The summed E-state index contributed by atoms with van der Waals surface area (Å²) < 4.78 is 0. The maximum atomic E-state index is 12.4. The number of nitrogens with one attached hydrogen (secondary N) is 1. The number of carbonyl (C=O) groups excluding carboxylic acids is 2. The molecule has 0 unspecified atom stereocenters. The third-order valence-electron chi connectivity index (χ3n) is 4.12. The Hall–Kier alpha value is -1.88. The van der Waals surface area contributed by atoms with Crippen molar-refractivity contribution in [3.63, 3.8) is 0 Å². The van der Waals surface area contributed by atoms with E-state index in [-0.39, 0.29) is 30.9 Å². The molecule has 3 rings (SSSR count). The smallest absolute Gasteiger partial charge is 0.238 e. The lowest BCUT2D eigenvalue weighted by Crippen LogP contribution is -2.35. The molecule has 1 aromatic carbocycles. The van der Waals surface area contributed by atoms with Gasteiger partial charge in [0.25, 0.3) is 0 Å². The summed E-state index contributed by atoms with van der Waals surface area (Å²) in [6, 6.07) is 7.62. The van der Waals surface area contributed by atoms with Crippen molar-refractivity contribution in [2.75, 3.05) is 25.1 Å². The molecule has 1 spiro atoms. The van der Waals surface area contributed by atoms with Crippen molar-refractivity contribution < 1.29 is 14.7 Å². The normalized spacial score (nSPS) is 27.6. The number of amides is 2. The largest absolute Gasteiger partial charge is 0.395 e. The molecule has 1 aliphatic carbocycles. The minimum Gasteiger partial charge on any atom is -0.395 e. The number of benzene rings is 1. The molecule has 2 amide bonds. The highest BCUT2D eigenvalue weighted by Gasteiger charge is 2.68. The second kappa shape index (κ2) is 4.06. The zero-order valence-corrected chi connectivity index (χ0v) is 10.7. The van der Waals surface area contributed by atoms with Crippen LogP contribution in [0.1, 0.15) is 12.0 Å². The third-order valence-corrected chi connectivity index (χ3v) is 4.12. The number of hydrogen-bond donors (Lipinski definition) is 2. The Balaban J connectivity index is 1.91. The topological polar surface area (TPSA) is 69.6 Å². The highest BCUT2D eigenvalue weighted by molar-refractivity contribution is 6.13. The van der Waals surface area contributed by atoms with Crippen LogP contribution in [-0.4, -0.2) is 37.1 Å². The molecule has 100 valence electrons. The molecule has 1 heterocycles. The van der Waals surface area contributed by atoms with Gasteiger partial charge in [0, 0.05) is 19.3 Å². The highest BCUT2D eigenvalue weighted by Crippen LogP contribution is 2.61. The van der Waals surface area contributed by atoms with Crippen LogP contribution in [0.2, 0.25) is 0 Å². The quantitative estimate of drug-likeness (QED) is 0.805. The molecule has 19 heavy (non-hydrogen) atoms. The predicted molar refractivity (Wildman–Crippen MR) is 69.7 cm³/mol. The van der Waals surface area contributed by atoms with Crippen LogP contribution in [0.25, 0.3) is 0 Å². The molecule has 5 heteroatoms. The van der Waals surface area contributed by atoms with Crippen molar-refractivity contribution in [2.45, 2.75) is 11.8 Å². The molecule has 1 aromatic rings. The molecule has 0 aromatic heterocycles. The average Bonchev–Trinajstić information content (AvgIpc) is 3.15. The van der Waals surface area contributed by atoms with Gasteiger partial charge in [0.2, 0.25) is 11.8 Å². The number of fused-ring (bicyclic) bond motifs is 2. The average molecular weight is 260 g/mol. The SMILES string of the molecule is CN1C(=O)[C@]2(C[C@@H]2C(=O)NCCO)c2ccccc21. The van der Waals surface area contributed by atoms with E-state index >= 15 is 0 Å². The number of carbonyl (C=O) groups is 2. The number of anilines is 1. The Morgan fingerprint density at radius 3 is 3.00 bits per heavy atom. The third kappa shape index (κ3) is 1.51. The summed E-state index contributed by atoms with van der Waals surface area (Å²) in [6.07, 6.45) is 0.560. The van der Waals surface area contributed by atoms with E-state index in [0.29, 0.717) is 6.42 Å². The Kier molecular flexibility index (Phi) is 2.60. The first-order chi connectivity index (χ1) is 9.13. The molecule has 5 nitrogen and oxygen atoms in total. The van der Waals surface area contributed by atoms with Gasteiger partial charge in [-0.05, 0) is 18.1 Å². The van der Waals surface area contributed by atoms with E-state index in [1.807, 2.05) is 24.3 Å². The van der Waals surface area contributed by atoms with Gasteiger partial charge in [-0.1, -0.05) is 18.2 Å². The lowest BCUT2D eigenvalue weighted by atomic mass is 9.94. The van der Waals surface area contributed by atoms with E-state index in [2.05, 4.69) is 5.32 Å². The second-order valence-electron chi connectivity index (χ2n) is 5.12. The van der Waals surface area contributed by atoms with E-state index in [9.17, 15) is 9.59 Å². The van der Waals surface area contributed by atoms with Crippen molar-refractivity contribution in [2.24, 2.45) is 5.92 Å². The summed E-state index contributed by atoms with van der Waals surface area (Å²) in [5.74, 6) is -0.456.